The lowest BCUT2D eigenvalue weighted by atomic mass is 9.78. The van der Waals surface area contributed by atoms with Crippen LogP contribution >= 0.6 is 0 Å². The van der Waals surface area contributed by atoms with E-state index >= 15 is 0 Å². The maximum Gasteiger partial charge on any atom is 0.228 e. The molecule has 0 N–H and O–H groups in total. The molecule has 174 valence electrons. The topological polar surface area (TPSA) is 63.0 Å². The molecule has 33 heavy (non-hydrogen) atoms. The first-order chi connectivity index (χ1) is 16.1. The lowest BCUT2D eigenvalue weighted by Gasteiger charge is -2.41. The zero-order chi connectivity index (χ0) is 22.7. The number of carbonyl (C=O) groups excluding carboxylic acids is 1. The molecule has 4 heterocycles. The van der Waals surface area contributed by atoms with Crippen molar-refractivity contribution in [2.45, 2.75) is 32.7 Å². The van der Waals surface area contributed by atoms with Crippen LogP contribution in [0.2, 0.25) is 0 Å². The summed E-state index contributed by atoms with van der Waals surface area (Å²) in [5.74, 6) is 0.530. The van der Waals surface area contributed by atoms with Crippen LogP contribution in [0, 0.1) is 11.3 Å². The van der Waals surface area contributed by atoms with E-state index in [1.165, 1.54) is 5.56 Å². The Labute approximate surface area is 195 Å². The van der Waals surface area contributed by atoms with E-state index in [2.05, 4.69) is 57.0 Å². The fourth-order valence-electron chi connectivity index (χ4n) is 5.10. The molecule has 5 rings (SSSR count). The number of nitrogens with zero attached hydrogens (tertiary/aromatic N) is 5. The van der Waals surface area contributed by atoms with Gasteiger partial charge in [-0.05, 0) is 37.9 Å². The number of imidazole rings is 1. The van der Waals surface area contributed by atoms with E-state index < -0.39 is 0 Å². The first-order valence-corrected chi connectivity index (χ1v) is 12.0. The van der Waals surface area contributed by atoms with Crippen LogP contribution in [0.3, 0.4) is 0 Å². The Hall–Kier alpha value is -2.77. The Morgan fingerprint density at radius 2 is 1.97 bits per heavy atom. The minimum Gasteiger partial charge on any atom is -0.379 e. The van der Waals surface area contributed by atoms with Crippen LogP contribution in [-0.2, 0) is 22.5 Å². The van der Waals surface area contributed by atoms with Crippen LogP contribution in [0.4, 0.5) is 0 Å². The minimum atomic E-state index is -0.296. The number of hydrogen-bond acceptors (Lipinski definition) is 5. The predicted octanol–water partition coefficient (Wildman–Crippen LogP) is 3.05. The smallest absolute Gasteiger partial charge is 0.228 e. The average Bonchev–Trinajstić information content (AvgIpc) is 3.18. The molecule has 0 bridgehead atoms. The quantitative estimate of drug-likeness (QED) is 0.602. The number of aromatic nitrogens is 3. The van der Waals surface area contributed by atoms with Gasteiger partial charge in [0.1, 0.15) is 0 Å². The highest BCUT2D eigenvalue weighted by Gasteiger charge is 2.40. The molecule has 1 unspecified atom stereocenters. The van der Waals surface area contributed by atoms with Crippen molar-refractivity contribution < 1.29 is 9.53 Å². The number of hydrogen-bond donors (Lipinski definition) is 0. The van der Waals surface area contributed by atoms with Crippen molar-refractivity contribution in [1.29, 1.82) is 0 Å². The number of ether oxygens (including phenoxy) is 1. The van der Waals surface area contributed by atoms with Crippen molar-refractivity contribution in [3.63, 3.8) is 0 Å². The van der Waals surface area contributed by atoms with Crippen LogP contribution in [0.25, 0.3) is 5.65 Å². The third kappa shape index (κ3) is 5.09. The Bertz CT molecular complexity index is 1070. The highest BCUT2D eigenvalue weighted by molar-refractivity contribution is 5.82. The van der Waals surface area contributed by atoms with Gasteiger partial charge < -0.3 is 14.0 Å². The molecule has 0 radical (unpaired) electrons. The summed E-state index contributed by atoms with van der Waals surface area (Å²) in [6.07, 6.45) is 10.1. The number of piperidine rings is 1. The van der Waals surface area contributed by atoms with Gasteiger partial charge in [-0.3, -0.25) is 14.7 Å². The van der Waals surface area contributed by atoms with E-state index in [-0.39, 0.29) is 17.2 Å². The van der Waals surface area contributed by atoms with Gasteiger partial charge in [-0.1, -0.05) is 37.3 Å². The Morgan fingerprint density at radius 3 is 2.79 bits per heavy atom. The van der Waals surface area contributed by atoms with Gasteiger partial charge in [0.2, 0.25) is 5.91 Å². The van der Waals surface area contributed by atoms with Gasteiger partial charge in [-0.15, -0.1) is 0 Å². The third-order valence-corrected chi connectivity index (χ3v) is 7.18. The van der Waals surface area contributed by atoms with Crippen LogP contribution in [0.5, 0.6) is 0 Å². The standard InChI is InChI=1S/C26H33N5O2/c1-26(7-10-29(11-8-26)17-21-5-3-2-4-6-21)25(32)31-13-14-33-20-22(18-31)15-23-19-30-12-9-27-24(30)16-28-23/h2-6,9,12,16,19,22H,7-8,10-11,13-15,17-18,20H2,1H3. The summed E-state index contributed by atoms with van der Waals surface area (Å²) in [7, 11) is 0. The fraction of sp³-hybridized carbons (Fsp3) is 0.500. The van der Waals surface area contributed by atoms with Gasteiger partial charge in [0.05, 0.1) is 25.1 Å². The summed E-state index contributed by atoms with van der Waals surface area (Å²) in [6.45, 7) is 7.70. The number of rotatable bonds is 5. The molecule has 2 aliphatic rings. The van der Waals surface area contributed by atoms with Crippen LogP contribution < -0.4 is 0 Å². The van der Waals surface area contributed by atoms with Gasteiger partial charge in [0.15, 0.2) is 5.65 Å². The van der Waals surface area contributed by atoms with E-state index in [1.807, 2.05) is 16.8 Å². The van der Waals surface area contributed by atoms with E-state index in [0.717, 1.165) is 56.8 Å². The van der Waals surface area contributed by atoms with Crippen molar-refractivity contribution >= 4 is 11.6 Å². The Balaban J connectivity index is 1.20. The largest absolute Gasteiger partial charge is 0.379 e. The van der Waals surface area contributed by atoms with Crippen molar-refractivity contribution in [2.24, 2.45) is 11.3 Å². The van der Waals surface area contributed by atoms with Crippen molar-refractivity contribution in [3.8, 4) is 0 Å². The predicted molar refractivity (Wildman–Crippen MR) is 127 cm³/mol. The zero-order valence-electron chi connectivity index (χ0n) is 19.4. The molecule has 0 saturated carbocycles. The summed E-state index contributed by atoms with van der Waals surface area (Å²) in [4.78, 5) is 27.0. The molecular formula is C26H33N5O2. The second-order valence-electron chi connectivity index (χ2n) is 9.79. The SMILES string of the molecule is CC1(C(=O)N2CCOCC(Cc3cn4ccnc4cn3)C2)CCN(Cc2ccccc2)CC1. The summed E-state index contributed by atoms with van der Waals surface area (Å²) >= 11 is 0. The molecular weight excluding hydrogens is 414 g/mol. The first-order valence-electron chi connectivity index (χ1n) is 12.0. The van der Waals surface area contributed by atoms with Gasteiger partial charge in [0.25, 0.3) is 0 Å². The van der Waals surface area contributed by atoms with Crippen LogP contribution in [-0.4, -0.2) is 69.5 Å². The van der Waals surface area contributed by atoms with E-state index in [9.17, 15) is 4.79 Å². The Kier molecular flexibility index (Phi) is 6.42. The monoisotopic (exact) mass is 447 g/mol. The molecule has 0 spiro atoms. The summed E-state index contributed by atoms with van der Waals surface area (Å²) in [5, 5.41) is 0. The number of benzene rings is 1. The summed E-state index contributed by atoms with van der Waals surface area (Å²) in [6, 6.07) is 10.6. The van der Waals surface area contributed by atoms with Gasteiger partial charge in [0, 0.05) is 49.6 Å². The molecule has 1 aromatic carbocycles. The van der Waals surface area contributed by atoms with Gasteiger partial charge >= 0.3 is 0 Å². The molecule has 3 aromatic rings. The second-order valence-corrected chi connectivity index (χ2v) is 9.79. The Morgan fingerprint density at radius 1 is 1.15 bits per heavy atom. The molecule has 0 aliphatic carbocycles. The molecule has 1 amide bonds. The molecule has 2 saturated heterocycles. The minimum absolute atomic E-state index is 0.242. The molecule has 7 heteroatoms. The highest BCUT2D eigenvalue weighted by atomic mass is 16.5. The number of likely N-dealkylation sites (tertiary alicyclic amines) is 1. The van der Waals surface area contributed by atoms with Crippen molar-refractivity contribution in [3.05, 3.63) is 66.4 Å². The zero-order valence-corrected chi connectivity index (χ0v) is 19.4. The fourth-order valence-corrected chi connectivity index (χ4v) is 5.10. The van der Waals surface area contributed by atoms with E-state index in [0.29, 0.717) is 19.8 Å². The van der Waals surface area contributed by atoms with Crippen molar-refractivity contribution in [1.82, 2.24) is 24.2 Å². The molecule has 2 aromatic heterocycles. The molecule has 1 atom stereocenters. The third-order valence-electron chi connectivity index (χ3n) is 7.18. The molecule has 2 aliphatic heterocycles. The second kappa shape index (κ2) is 9.61. The summed E-state index contributed by atoms with van der Waals surface area (Å²) in [5.41, 5.74) is 2.89. The van der Waals surface area contributed by atoms with Crippen LogP contribution in [0.1, 0.15) is 31.0 Å². The number of amides is 1. The number of carbonyl (C=O) groups is 1. The first kappa shape index (κ1) is 22.0. The summed E-state index contributed by atoms with van der Waals surface area (Å²) < 4.78 is 7.88. The molecule has 7 nitrogen and oxygen atoms in total. The van der Waals surface area contributed by atoms with Gasteiger partial charge in [-0.2, -0.15) is 0 Å². The normalized spacial score (nSPS) is 21.7. The molecule has 2 fully saturated rings. The van der Waals surface area contributed by atoms with Crippen LogP contribution in [0.15, 0.2) is 55.1 Å². The highest BCUT2D eigenvalue weighted by Crippen LogP contribution is 2.34. The lowest BCUT2D eigenvalue weighted by Crippen LogP contribution is -2.50. The number of fused-ring (bicyclic) bond motifs is 1. The maximum atomic E-state index is 13.7. The van der Waals surface area contributed by atoms with E-state index in [1.54, 1.807) is 12.4 Å². The average molecular weight is 448 g/mol. The van der Waals surface area contributed by atoms with E-state index in [4.69, 9.17) is 4.74 Å². The van der Waals surface area contributed by atoms with Gasteiger partial charge in [-0.25, -0.2) is 4.98 Å². The maximum absolute atomic E-state index is 13.7. The lowest BCUT2D eigenvalue weighted by molar-refractivity contribution is -0.144. The van der Waals surface area contributed by atoms with Crippen molar-refractivity contribution in [2.75, 3.05) is 39.4 Å².